The van der Waals surface area contributed by atoms with Crippen LogP contribution in [0.2, 0.25) is 0 Å². The maximum absolute atomic E-state index is 12.4. The molecule has 7 heteroatoms. The first-order valence-electron chi connectivity index (χ1n) is 9.96. The highest BCUT2D eigenvalue weighted by molar-refractivity contribution is 5.80. The molecule has 1 aromatic heterocycles. The van der Waals surface area contributed by atoms with Crippen LogP contribution in [-0.2, 0) is 18.4 Å². The average molecular weight is 374 g/mol. The van der Waals surface area contributed by atoms with Crippen LogP contribution in [0, 0.1) is 0 Å². The third-order valence-corrected chi connectivity index (χ3v) is 5.49. The van der Waals surface area contributed by atoms with Gasteiger partial charge in [0.1, 0.15) is 6.54 Å². The van der Waals surface area contributed by atoms with Crippen LogP contribution < -0.4 is 11.0 Å². The summed E-state index contributed by atoms with van der Waals surface area (Å²) < 4.78 is 3.12. The van der Waals surface area contributed by atoms with Crippen LogP contribution in [0.4, 0.5) is 0 Å². The number of aryl methyl sites for hydroxylation is 1. The van der Waals surface area contributed by atoms with Crippen molar-refractivity contribution < 1.29 is 4.79 Å². The molecule has 0 bridgehead atoms. The Balaban J connectivity index is 1.40. The number of para-hydroxylation sites is 2. The summed E-state index contributed by atoms with van der Waals surface area (Å²) in [6.45, 7) is 9.78. The number of aromatic nitrogens is 2. The number of carbonyl (C=O) groups is 1. The number of fused-ring (bicyclic) bond motifs is 1. The van der Waals surface area contributed by atoms with Crippen molar-refractivity contribution in [1.29, 1.82) is 0 Å². The van der Waals surface area contributed by atoms with Gasteiger partial charge in [0.25, 0.3) is 0 Å². The Bertz CT molecular complexity index is 817. The minimum absolute atomic E-state index is 0.0686. The Morgan fingerprint density at radius 1 is 1.04 bits per heavy atom. The molecule has 7 nitrogen and oxygen atoms in total. The molecule has 0 aliphatic carbocycles. The van der Waals surface area contributed by atoms with E-state index in [1.807, 2.05) is 24.3 Å². The summed E-state index contributed by atoms with van der Waals surface area (Å²) >= 11 is 0. The summed E-state index contributed by atoms with van der Waals surface area (Å²) in [7, 11) is 1.74. The van der Waals surface area contributed by atoms with Gasteiger partial charge in [-0.1, -0.05) is 19.1 Å². The highest BCUT2D eigenvalue weighted by Gasteiger charge is 2.15. The number of likely N-dealkylation sites (N-methyl/N-ethyl adjacent to an activating group) is 1. The Hall–Kier alpha value is -2.12. The summed E-state index contributed by atoms with van der Waals surface area (Å²) in [6, 6.07) is 7.55. The molecule has 27 heavy (non-hydrogen) atoms. The lowest BCUT2D eigenvalue weighted by atomic mass is 10.2. The molecular weight excluding hydrogens is 342 g/mol. The van der Waals surface area contributed by atoms with Crippen molar-refractivity contribution in [1.82, 2.24) is 24.3 Å². The zero-order valence-electron chi connectivity index (χ0n) is 16.5. The normalized spacial score (nSPS) is 16.1. The van der Waals surface area contributed by atoms with Crippen LogP contribution in [0.1, 0.15) is 19.8 Å². The zero-order valence-corrected chi connectivity index (χ0v) is 16.5. The van der Waals surface area contributed by atoms with Crippen molar-refractivity contribution in [2.24, 2.45) is 7.05 Å². The fourth-order valence-corrected chi connectivity index (χ4v) is 3.73. The van der Waals surface area contributed by atoms with Crippen molar-refractivity contribution in [3.05, 3.63) is 34.7 Å². The first kappa shape index (κ1) is 19.6. The van der Waals surface area contributed by atoms with Crippen LogP contribution in [0.15, 0.2) is 29.1 Å². The second-order valence-corrected chi connectivity index (χ2v) is 7.25. The van der Waals surface area contributed by atoms with Crippen molar-refractivity contribution in [3.63, 3.8) is 0 Å². The Morgan fingerprint density at radius 2 is 1.70 bits per heavy atom. The van der Waals surface area contributed by atoms with E-state index in [-0.39, 0.29) is 18.1 Å². The quantitative estimate of drug-likeness (QED) is 0.698. The molecule has 2 heterocycles. The van der Waals surface area contributed by atoms with E-state index in [9.17, 15) is 9.59 Å². The van der Waals surface area contributed by atoms with Crippen molar-refractivity contribution >= 4 is 16.9 Å². The number of piperazine rings is 1. The Kier molecular flexibility index (Phi) is 6.68. The number of unbranched alkanes of at least 4 members (excludes halogenated alkanes) is 1. The largest absolute Gasteiger partial charge is 0.355 e. The molecule has 0 spiro atoms. The number of hydrogen-bond acceptors (Lipinski definition) is 4. The molecule has 0 atom stereocenters. The molecule has 1 N–H and O–H groups in total. The van der Waals surface area contributed by atoms with Gasteiger partial charge in [-0.25, -0.2) is 4.79 Å². The SMILES string of the molecule is CCN1CCN(CCCCNC(=O)Cn2c(=O)n(C)c3ccccc32)CC1. The fraction of sp³-hybridized carbons (Fsp3) is 0.600. The van der Waals surface area contributed by atoms with Crippen molar-refractivity contribution in [2.45, 2.75) is 26.3 Å². The first-order valence-corrected chi connectivity index (χ1v) is 9.96. The molecule has 148 valence electrons. The lowest BCUT2D eigenvalue weighted by Gasteiger charge is -2.33. The van der Waals surface area contributed by atoms with Gasteiger partial charge in [0.2, 0.25) is 5.91 Å². The summed E-state index contributed by atoms with van der Waals surface area (Å²) in [4.78, 5) is 29.6. The molecule has 1 amide bonds. The minimum Gasteiger partial charge on any atom is -0.355 e. The van der Waals surface area contributed by atoms with E-state index in [0.29, 0.717) is 6.54 Å². The predicted octanol–water partition coefficient (Wildman–Crippen LogP) is 0.874. The van der Waals surface area contributed by atoms with Gasteiger partial charge in [0, 0.05) is 39.8 Å². The number of nitrogens with zero attached hydrogens (tertiary/aromatic N) is 4. The summed E-state index contributed by atoms with van der Waals surface area (Å²) in [6.07, 6.45) is 2.05. The van der Waals surface area contributed by atoms with E-state index in [4.69, 9.17) is 0 Å². The molecule has 1 aliphatic heterocycles. The van der Waals surface area contributed by atoms with Crippen LogP contribution in [0.5, 0.6) is 0 Å². The smallest absolute Gasteiger partial charge is 0.329 e. The van der Waals surface area contributed by atoms with Crippen molar-refractivity contribution in [2.75, 3.05) is 45.8 Å². The van der Waals surface area contributed by atoms with Crippen molar-refractivity contribution in [3.8, 4) is 0 Å². The highest BCUT2D eigenvalue weighted by atomic mass is 16.2. The molecular formula is C20H31N5O2. The minimum atomic E-state index is -0.155. The van der Waals surface area contributed by atoms with Gasteiger partial charge in [-0.2, -0.15) is 0 Å². The molecule has 0 saturated carbocycles. The van der Waals surface area contributed by atoms with Crippen LogP contribution >= 0.6 is 0 Å². The van der Waals surface area contributed by atoms with E-state index >= 15 is 0 Å². The predicted molar refractivity (Wildman–Crippen MR) is 108 cm³/mol. The topological polar surface area (TPSA) is 62.5 Å². The molecule has 0 unspecified atom stereocenters. The molecule has 0 radical (unpaired) electrons. The van der Waals surface area contributed by atoms with Gasteiger partial charge in [-0.15, -0.1) is 0 Å². The van der Waals surface area contributed by atoms with Gasteiger partial charge in [-0.3, -0.25) is 13.9 Å². The maximum atomic E-state index is 12.4. The number of imidazole rings is 1. The van der Waals surface area contributed by atoms with E-state index in [1.165, 1.54) is 4.57 Å². The lowest BCUT2D eigenvalue weighted by Crippen LogP contribution is -2.46. The fourth-order valence-electron chi connectivity index (χ4n) is 3.73. The second-order valence-electron chi connectivity index (χ2n) is 7.25. The first-order chi connectivity index (χ1) is 13.1. The summed E-state index contributed by atoms with van der Waals surface area (Å²) in [5, 5.41) is 2.95. The third kappa shape index (κ3) is 4.78. The van der Waals surface area contributed by atoms with E-state index in [2.05, 4.69) is 22.0 Å². The average Bonchev–Trinajstić information content (AvgIpc) is 2.93. The van der Waals surface area contributed by atoms with Crippen LogP contribution in [0.25, 0.3) is 11.0 Å². The standard InChI is InChI=1S/C20H31N5O2/c1-3-23-12-14-24(15-13-23)11-7-6-10-21-19(26)16-25-18-9-5-4-8-17(18)22(2)20(25)27/h4-5,8-9H,3,6-7,10-16H2,1-2H3,(H,21,26). The van der Waals surface area contributed by atoms with E-state index in [1.54, 1.807) is 11.6 Å². The molecule has 3 rings (SSSR count). The number of rotatable bonds is 8. The monoisotopic (exact) mass is 373 g/mol. The number of nitrogens with one attached hydrogen (secondary N) is 1. The Labute approximate surface area is 160 Å². The number of amides is 1. The summed E-state index contributed by atoms with van der Waals surface area (Å²) in [5.74, 6) is -0.106. The lowest BCUT2D eigenvalue weighted by molar-refractivity contribution is -0.121. The summed E-state index contributed by atoms with van der Waals surface area (Å²) in [5.41, 5.74) is 1.49. The molecule has 1 aliphatic rings. The van der Waals surface area contributed by atoms with Gasteiger partial charge in [0.05, 0.1) is 11.0 Å². The van der Waals surface area contributed by atoms with Gasteiger partial charge in [-0.05, 0) is 38.1 Å². The van der Waals surface area contributed by atoms with Gasteiger partial charge < -0.3 is 15.1 Å². The van der Waals surface area contributed by atoms with E-state index in [0.717, 1.165) is 63.1 Å². The van der Waals surface area contributed by atoms with E-state index < -0.39 is 0 Å². The number of hydrogen-bond donors (Lipinski definition) is 1. The zero-order chi connectivity index (χ0) is 19.2. The van der Waals surface area contributed by atoms with Gasteiger partial charge in [0.15, 0.2) is 0 Å². The Morgan fingerprint density at radius 3 is 2.41 bits per heavy atom. The third-order valence-electron chi connectivity index (χ3n) is 5.49. The second kappa shape index (κ2) is 9.19. The van der Waals surface area contributed by atoms with Crippen LogP contribution in [0.3, 0.4) is 0 Å². The number of carbonyl (C=O) groups excluding carboxylic acids is 1. The molecule has 1 saturated heterocycles. The highest BCUT2D eigenvalue weighted by Crippen LogP contribution is 2.11. The van der Waals surface area contributed by atoms with Crippen LogP contribution in [-0.4, -0.2) is 70.7 Å². The molecule has 1 aromatic carbocycles. The number of benzene rings is 1. The maximum Gasteiger partial charge on any atom is 0.329 e. The molecule has 1 fully saturated rings. The molecule has 2 aromatic rings. The van der Waals surface area contributed by atoms with Gasteiger partial charge >= 0.3 is 5.69 Å².